The summed E-state index contributed by atoms with van der Waals surface area (Å²) in [6, 6.07) is 13.5. The zero-order chi connectivity index (χ0) is 21.1. The molecule has 30 heavy (non-hydrogen) atoms. The highest BCUT2D eigenvalue weighted by atomic mass is 16.5. The zero-order valence-corrected chi connectivity index (χ0v) is 17.4. The fourth-order valence-corrected chi connectivity index (χ4v) is 4.27. The molecule has 0 amide bonds. The molecule has 1 unspecified atom stereocenters. The number of hydrogen-bond donors (Lipinski definition) is 1. The van der Waals surface area contributed by atoms with Crippen molar-refractivity contribution in [2.75, 3.05) is 40.3 Å². The van der Waals surface area contributed by atoms with Crippen molar-refractivity contribution < 1.29 is 14.6 Å². The van der Waals surface area contributed by atoms with Gasteiger partial charge in [-0.1, -0.05) is 24.3 Å². The largest absolute Gasteiger partial charge is 0.507 e. The second kappa shape index (κ2) is 8.81. The van der Waals surface area contributed by atoms with Crippen LogP contribution in [-0.2, 0) is 16.0 Å². The Kier molecular flexibility index (Phi) is 5.97. The number of esters is 1. The Bertz CT molecular complexity index is 1030. The number of benzene rings is 2. The molecular weight excluding hydrogens is 378 g/mol. The van der Waals surface area contributed by atoms with Crippen LogP contribution in [-0.4, -0.2) is 66.2 Å². The van der Waals surface area contributed by atoms with E-state index in [1.54, 1.807) is 12.4 Å². The molecule has 1 atom stereocenters. The van der Waals surface area contributed by atoms with Crippen LogP contribution < -0.4 is 0 Å². The lowest BCUT2D eigenvalue weighted by molar-refractivity contribution is -0.139. The number of pyridine rings is 1. The Labute approximate surface area is 176 Å². The van der Waals surface area contributed by atoms with Gasteiger partial charge in [0.15, 0.2) is 0 Å². The van der Waals surface area contributed by atoms with Crippen LogP contribution in [0.3, 0.4) is 0 Å². The van der Waals surface area contributed by atoms with Crippen LogP contribution in [0.25, 0.3) is 10.8 Å². The smallest absolute Gasteiger partial charge is 0.309 e. The summed E-state index contributed by atoms with van der Waals surface area (Å²) in [5.74, 6) is -0.0921. The first-order chi connectivity index (χ1) is 14.6. The van der Waals surface area contributed by atoms with Crippen LogP contribution in [0.1, 0.15) is 22.7 Å². The van der Waals surface area contributed by atoms with E-state index in [9.17, 15) is 9.90 Å². The minimum absolute atomic E-state index is 0.111. The Balaban J connectivity index is 1.92. The summed E-state index contributed by atoms with van der Waals surface area (Å²) in [6.07, 6.45) is 3.66. The monoisotopic (exact) mass is 405 g/mol. The van der Waals surface area contributed by atoms with Crippen molar-refractivity contribution in [3.05, 3.63) is 71.5 Å². The van der Waals surface area contributed by atoms with Crippen molar-refractivity contribution in [3.8, 4) is 5.75 Å². The van der Waals surface area contributed by atoms with Gasteiger partial charge in [-0.25, -0.2) is 0 Å². The molecule has 1 fully saturated rings. The van der Waals surface area contributed by atoms with Crippen LogP contribution in [0.4, 0.5) is 0 Å². The second-order valence-corrected chi connectivity index (χ2v) is 7.79. The molecule has 0 spiro atoms. The molecule has 2 heterocycles. The van der Waals surface area contributed by atoms with E-state index in [-0.39, 0.29) is 24.2 Å². The molecule has 1 aliphatic heterocycles. The number of piperazine rings is 1. The van der Waals surface area contributed by atoms with E-state index in [4.69, 9.17) is 4.74 Å². The number of likely N-dealkylation sites (N-methyl/N-ethyl adjacent to an activating group) is 1. The lowest BCUT2D eigenvalue weighted by atomic mass is 9.88. The lowest BCUT2D eigenvalue weighted by Gasteiger charge is -2.39. The van der Waals surface area contributed by atoms with E-state index in [1.165, 1.54) is 7.11 Å². The molecule has 1 aromatic heterocycles. The van der Waals surface area contributed by atoms with Gasteiger partial charge < -0.3 is 14.7 Å². The highest BCUT2D eigenvalue weighted by Gasteiger charge is 2.31. The molecule has 6 nitrogen and oxygen atoms in total. The third-order valence-electron chi connectivity index (χ3n) is 5.91. The summed E-state index contributed by atoms with van der Waals surface area (Å²) in [6.45, 7) is 3.63. The maximum Gasteiger partial charge on any atom is 0.309 e. The van der Waals surface area contributed by atoms with Gasteiger partial charge in [0.2, 0.25) is 0 Å². The molecule has 0 saturated carbocycles. The van der Waals surface area contributed by atoms with Gasteiger partial charge in [-0.3, -0.25) is 14.7 Å². The lowest BCUT2D eigenvalue weighted by Crippen LogP contribution is -2.46. The molecule has 156 valence electrons. The van der Waals surface area contributed by atoms with E-state index in [0.717, 1.165) is 53.6 Å². The van der Waals surface area contributed by atoms with Crippen LogP contribution >= 0.6 is 0 Å². The zero-order valence-electron chi connectivity index (χ0n) is 17.4. The van der Waals surface area contributed by atoms with Gasteiger partial charge in [0, 0.05) is 49.5 Å². The molecule has 0 aliphatic carbocycles. The first-order valence-electron chi connectivity index (χ1n) is 10.2. The van der Waals surface area contributed by atoms with Crippen molar-refractivity contribution in [2.24, 2.45) is 0 Å². The first kappa shape index (κ1) is 20.3. The summed E-state index contributed by atoms with van der Waals surface area (Å²) in [7, 11) is 3.51. The number of methoxy groups -OCH3 is 1. The van der Waals surface area contributed by atoms with Crippen molar-refractivity contribution in [1.29, 1.82) is 0 Å². The summed E-state index contributed by atoms with van der Waals surface area (Å²) < 4.78 is 4.96. The SMILES string of the molecule is COC(=O)Cc1cc2ccccc2c(O)c1C(c1ccncc1)N1CCN(C)CC1. The Hall–Kier alpha value is -2.96. The third kappa shape index (κ3) is 4.01. The fraction of sp³-hybridized carbons (Fsp3) is 0.333. The van der Waals surface area contributed by atoms with E-state index in [1.807, 2.05) is 42.5 Å². The van der Waals surface area contributed by atoms with Crippen LogP contribution in [0.2, 0.25) is 0 Å². The summed E-state index contributed by atoms with van der Waals surface area (Å²) in [4.78, 5) is 21.1. The quantitative estimate of drug-likeness (QED) is 0.659. The summed E-state index contributed by atoms with van der Waals surface area (Å²) in [5.41, 5.74) is 2.61. The van der Waals surface area contributed by atoms with E-state index < -0.39 is 0 Å². The molecule has 0 radical (unpaired) electrons. The number of nitrogens with zero attached hydrogens (tertiary/aromatic N) is 3. The topological polar surface area (TPSA) is 65.9 Å². The number of carbonyl (C=O) groups excluding carboxylic acids is 1. The molecule has 4 rings (SSSR count). The average molecular weight is 405 g/mol. The molecular formula is C24H27N3O3. The van der Waals surface area contributed by atoms with Crippen molar-refractivity contribution in [2.45, 2.75) is 12.5 Å². The Morgan fingerprint density at radius 2 is 1.83 bits per heavy atom. The van der Waals surface area contributed by atoms with Gasteiger partial charge >= 0.3 is 5.97 Å². The van der Waals surface area contributed by atoms with Crippen LogP contribution in [0.15, 0.2) is 54.9 Å². The highest BCUT2D eigenvalue weighted by Crippen LogP contribution is 2.41. The minimum atomic E-state index is -0.321. The molecule has 3 aromatic rings. The number of phenolic OH excluding ortho intramolecular Hbond substituents is 1. The maximum absolute atomic E-state index is 12.2. The molecule has 1 saturated heterocycles. The van der Waals surface area contributed by atoms with E-state index in [2.05, 4.69) is 21.8 Å². The highest BCUT2D eigenvalue weighted by molar-refractivity contribution is 5.91. The first-order valence-corrected chi connectivity index (χ1v) is 10.2. The normalized spacial score (nSPS) is 16.5. The minimum Gasteiger partial charge on any atom is -0.507 e. The van der Waals surface area contributed by atoms with Gasteiger partial charge in [-0.05, 0) is 41.8 Å². The number of aromatic nitrogens is 1. The molecule has 6 heteroatoms. The van der Waals surface area contributed by atoms with Gasteiger partial charge in [-0.2, -0.15) is 0 Å². The second-order valence-electron chi connectivity index (χ2n) is 7.79. The van der Waals surface area contributed by atoms with E-state index >= 15 is 0 Å². The molecule has 2 aromatic carbocycles. The number of ether oxygens (including phenoxy) is 1. The number of fused-ring (bicyclic) bond motifs is 1. The van der Waals surface area contributed by atoms with E-state index in [0.29, 0.717) is 0 Å². The standard InChI is InChI=1S/C24H27N3O3/c1-26-11-13-27(14-12-26)23(17-7-9-25-10-8-17)22-19(16-21(28)30-2)15-18-5-3-4-6-20(18)24(22)29/h3-10,15,23,29H,11-14,16H2,1-2H3. The molecule has 0 bridgehead atoms. The third-order valence-corrected chi connectivity index (χ3v) is 5.91. The number of rotatable bonds is 5. The summed E-state index contributed by atoms with van der Waals surface area (Å²) in [5, 5.41) is 13.1. The molecule has 1 N–H and O–H groups in total. The fourth-order valence-electron chi connectivity index (χ4n) is 4.27. The number of phenols is 1. The van der Waals surface area contributed by atoms with Crippen LogP contribution in [0.5, 0.6) is 5.75 Å². The van der Waals surface area contributed by atoms with Crippen molar-refractivity contribution in [1.82, 2.24) is 14.8 Å². The number of hydrogen-bond acceptors (Lipinski definition) is 6. The predicted octanol–water partition coefficient (Wildman–Crippen LogP) is 2.99. The van der Waals surface area contributed by atoms with Crippen molar-refractivity contribution >= 4 is 16.7 Å². The number of carbonyl (C=O) groups is 1. The van der Waals surface area contributed by atoms with Crippen molar-refractivity contribution in [3.63, 3.8) is 0 Å². The summed E-state index contributed by atoms with van der Waals surface area (Å²) >= 11 is 0. The predicted molar refractivity (Wildman–Crippen MR) is 116 cm³/mol. The van der Waals surface area contributed by atoms with Gasteiger partial charge in [0.25, 0.3) is 0 Å². The van der Waals surface area contributed by atoms with Gasteiger partial charge in [0.1, 0.15) is 5.75 Å². The Morgan fingerprint density at radius 1 is 1.13 bits per heavy atom. The Morgan fingerprint density at radius 3 is 2.53 bits per heavy atom. The molecule has 1 aliphatic rings. The maximum atomic E-state index is 12.2. The average Bonchev–Trinajstić information content (AvgIpc) is 2.78. The van der Waals surface area contributed by atoms with Gasteiger partial charge in [-0.15, -0.1) is 0 Å². The van der Waals surface area contributed by atoms with Gasteiger partial charge in [0.05, 0.1) is 19.6 Å². The van der Waals surface area contributed by atoms with Crippen LogP contribution in [0, 0.1) is 0 Å². The number of aromatic hydroxyl groups is 1.